The van der Waals surface area contributed by atoms with Crippen LogP contribution in [0.4, 0.5) is 0 Å². The largest absolute Gasteiger partial charge is 0.454 e. The molecule has 5 rings (SSSR count). The molecule has 3 N–H and O–H groups in total. The number of Topliss-reactive ketones (excluding diaryl/α,β-unsaturated/α-hetero) is 1. The van der Waals surface area contributed by atoms with Gasteiger partial charge in [0.1, 0.15) is 11.7 Å². The van der Waals surface area contributed by atoms with Crippen LogP contribution in [-0.4, -0.2) is 62.6 Å². The van der Waals surface area contributed by atoms with Crippen LogP contribution in [0.5, 0.6) is 0 Å². The molecule has 4 aliphatic rings. The number of carbonyl (C=O) groups excluding carboxylic acids is 3. The van der Waals surface area contributed by atoms with Crippen molar-refractivity contribution in [2.24, 2.45) is 23.2 Å². The number of ketones is 1. The highest BCUT2D eigenvalue weighted by atomic mass is 16.6. The van der Waals surface area contributed by atoms with E-state index in [1.165, 1.54) is 0 Å². The molecule has 228 valence electrons. The zero-order valence-electron chi connectivity index (χ0n) is 25.1. The van der Waals surface area contributed by atoms with E-state index in [-0.39, 0.29) is 25.2 Å². The molecule has 2 fully saturated rings. The Labute approximate surface area is 247 Å². The highest BCUT2D eigenvalue weighted by Crippen LogP contribution is 2.76. The lowest BCUT2D eigenvalue weighted by Crippen LogP contribution is -2.61. The second-order valence-corrected chi connectivity index (χ2v) is 13.4. The van der Waals surface area contributed by atoms with E-state index in [9.17, 15) is 29.7 Å². The fourth-order valence-corrected chi connectivity index (χ4v) is 8.31. The monoisotopic (exact) mass is 580 g/mol. The van der Waals surface area contributed by atoms with Gasteiger partial charge in [-0.1, -0.05) is 76.8 Å². The second-order valence-electron chi connectivity index (χ2n) is 13.4. The molecule has 1 aromatic rings. The molecule has 0 aliphatic heterocycles. The van der Waals surface area contributed by atoms with Crippen molar-refractivity contribution in [2.75, 3.05) is 6.61 Å². The first-order valence-electron chi connectivity index (χ1n) is 15.3. The smallest absolute Gasteiger partial charge is 0.338 e. The summed E-state index contributed by atoms with van der Waals surface area (Å²) in [6, 6.07) is 8.51. The minimum absolute atomic E-state index is 0.119. The van der Waals surface area contributed by atoms with E-state index in [0.717, 1.165) is 25.7 Å². The number of esters is 2. The lowest BCUT2D eigenvalue weighted by atomic mass is 9.63. The number of hydrogen-bond donors (Lipinski definition) is 3. The number of aliphatic hydroxyl groups is 3. The van der Waals surface area contributed by atoms with Crippen LogP contribution >= 0.6 is 0 Å². The Hall–Kier alpha value is -2.81. The highest BCUT2D eigenvalue weighted by Gasteiger charge is 2.86. The van der Waals surface area contributed by atoms with Crippen LogP contribution in [-0.2, 0) is 19.1 Å². The number of aliphatic hydroxyl groups excluding tert-OH is 1. The minimum Gasteiger partial charge on any atom is -0.454 e. The summed E-state index contributed by atoms with van der Waals surface area (Å²) >= 11 is 0. The van der Waals surface area contributed by atoms with Gasteiger partial charge in [0.25, 0.3) is 0 Å². The van der Waals surface area contributed by atoms with Crippen molar-refractivity contribution >= 4 is 17.7 Å². The van der Waals surface area contributed by atoms with Gasteiger partial charge in [0.2, 0.25) is 0 Å². The highest BCUT2D eigenvalue weighted by molar-refractivity contribution is 6.04. The zero-order chi connectivity index (χ0) is 30.5. The number of fused-ring (bicyclic) bond motifs is 5. The summed E-state index contributed by atoms with van der Waals surface area (Å²) in [4.78, 5) is 40.0. The number of unbranched alkanes of at least 4 members (excludes halogenated alkanes) is 4. The van der Waals surface area contributed by atoms with E-state index >= 15 is 0 Å². The molecule has 0 amide bonds. The van der Waals surface area contributed by atoms with Gasteiger partial charge in [-0.2, -0.15) is 0 Å². The van der Waals surface area contributed by atoms with Crippen molar-refractivity contribution in [3.8, 4) is 0 Å². The fourth-order valence-electron chi connectivity index (χ4n) is 8.31. The molecular formula is C34H44O8. The van der Waals surface area contributed by atoms with Gasteiger partial charge < -0.3 is 24.8 Å². The third kappa shape index (κ3) is 4.66. The maximum atomic E-state index is 13.4. The third-order valence-corrected chi connectivity index (χ3v) is 10.5. The van der Waals surface area contributed by atoms with Crippen LogP contribution in [0.25, 0.3) is 0 Å². The van der Waals surface area contributed by atoms with Crippen molar-refractivity contribution in [3.63, 3.8) is 0 Å². The Morgan fingerprint density at radius 3 is 2.38 bits per heavy atom. The van der Waals surface area contributed by atoms with Crippen LogP contribution in [0.15, 0.2) is 53.6 Å². The quantitative estimate of drug-likeness (QED) is 0.210. The molecule has 4 aliphatic carbocycles. The molecule has 42 heavy (non-hydrogen) atoms. The molecule has 2 saturated carbocycles. The van der Waals surface area contributed by atoms with Crippen LogP contribution in [0, 0.1) is 23.2 Å². The molecule has 0 heterocycles. The van der Waals surface area contributed by atoms with Gasteiger partial charge in [-0.25, -0.2) is 4.79 Å². The Balaban J connectivity index is 1.55. The maximum Gasteiger partial charge on any atom is 0.338 e. The summed E-state index contributed by atoms with van der Waals surface area (Å²) in [6.45, 7) is 7.22. The van der Waals surface area contributed by atoms with E-state index in [2.05, 4.69) is 6.92 Å². The number of hydrogen-bond acceptors (Lipinski definition) is 8. The van der Waals surface area contributed by atoms with Crippen molar-refractivity contribution in [2.45, 2.75) is 102 Å². The van der Waals surface area contributed by atoms with Crippen LogP contribution < -0.4 is 0 Å². The Morgan fingerprint density at radius 1 is 1.02 bits per heavy atom. The summed E-state index contributed by atoms with van der Waals surface area (Å²) in [6.07, 6.45) is 7.16. The predicted octanol–water partition coefficient (Wildman–Crippen LogP) is 4.46. The van der Waals surface area contributed by atoms with Gasteiger partial charge in [0, 0.05) is 42.4 Å². The maximum absolute atomic E-state index is 13.4. The van der Waals surface area contributed by atoms with Gasteiger partial charge in [-0.05, 0) is 36.6 Å². The van der Waals surface area contributed by atoms with Crippen LogP contribution in [0.3, 0.4) is 0 Å². The molecule has 0 spiro atoms. The molecular weight excluding hydrogens is 536 g/mol. The number of carbonyl (C=O) groups is 3. The summed E-state index contributed by atoms with van der Waals surface area (Å²) in [5, 5.41) is 34.6. The first-order valence-corrected chi connectivity index (χ1v) is 15.3. The van der Waals surface area contributed by atoms with E-state index in [4.69, 9.17) is 9.47 Å². The lowest BCUT2D eigenvalue weighted by molar-refractivity contribution is -0.196. The van der Waals surface area contributed by atoms with Crippen molar-refractivity contribution in [1.29, 1.82) is 0 Å². The number of rotatable bonds is 10. The lowest BCUT2D eigenvalue weighted by Gasteiger charge is -2.49. The average Bonchev–Trinajstić information content (AvgIpc) is 3.39. The predicted molar refractivity (Wildman–Crippen MR) is 155 cm³/mol. The summed E-state index contributed by atoms with van der Waals surface area (Å²) in [5.41, 5.74) is -4.49. The van der Waals surface area contributed by atoms with E-state index < -0.39 is 64.4 Å². The topological polar surface area (TPSA) is 130 Å². The summed E-state index contributed by atoms with van der Waals surface area (Å²) in [7, 11) is 0. The standard InChI is InChI=1S/C34H44O8/c1-5-6-7-8-12-15-27(36)42-34-26(41-30(38)23-13-10-9-11-14-23)19-32(39)24(28(34)31(34,3)4)17-22(20-35)18-33(40)25(32)16-21(2)29(33)37/h9-11,13-14,16-17,24-26,28,35,39-40H,5-8,12,15,18-20H2,1-4H3/t24-,25-,26+,28+,32+,33+,34-/m0/s1. The van der Waals surface area contributed by atoms with Gasteiger partial charge in [0.15, 0.2) is 11.4 Å². The molecule has 0 radical (unpaired) electrons. The van der Waals surface area contributed by atoms with Crippen molar-refractivity contribution in [1.82, 2.24) is 0 Å². The Bertz CT molecular complexity index is 1300. The second kappa shape index (κ2) is 11.0. The molecule has 0 unspecified atom stereocenters. The van der Waals surface area contributed by atoms with E-state index in [0.29, 0.717) is 23.1 Å². The molecule has 8 heteroatoms. The summed E-state index contributed by atoms with van der Waals surface area (Å²) in [5.74, 6) is -3.63. The van der Waals surface area contributed by atoms with Gasteiger partial charge in [-0.3, -0.25) is 9.59 Å². The normalized spacial score (nSPS) is 36.0. The van der Waals surface area contributed by atoms with E-state index in [1.54, 1.807) is 49.4 Å². The molecule has 7 atom stereocenters. The summed E-state index contributed by atoms with van der Waals surface area (Å²) < 4.78 is 12.5. The zero-order valence-corrected chi connectivity index (χ0v) is 25.1. The SMILES string of the molecule is CCCCCCCC(=O)O[C@]12[C@H]([C@@H]3C=C(CO)C[C@]4(O)C(=O)C(C)=C[C@H]4[C@@]3(O)C[C@H]1OC(=O)c1ccccc1)C2(C)C. The van der Waals surface area contributed by atoms with Gasteiger partial charge in [-0.15, -0.1) is 0 Å². The molecule has 8 nitrogen and oxygen atoms in total. The Kier molecular flexibility index (Phi) is 8.05. The van der Waals surface area contributed by atoms with Crippen LogP contribution in [0.1, 0.15) is 89.4 Å². The fraction of sp³-hybridized carbons (Fsp3) is 0.618. The molecule has 0 saturated heterocycles. The van der Waals surface area contributed by atoms with Crippen LogP contribution in [0.2, 0.25) is 0 Å². The molecule has 0 aromatic heterocycles. The first-order chi connectivity index (χ1) is 19.9. The van der Waals surface area contributed by atoms with Gasteiger partial charge >= 0.3 is 11.9 Å². The third-order valence-electron chi connectivity index (χ3n) is 10.5. The Morgan fingerprint density at radius 2 is 1.71 bits per heavy atom. The molecule has 0 bridgehead atoms. The number of ether oxygens (including phenoxy) is 2. The van der Waals surface area contributed by atoms with E-state index in [1.807, 2.05) is 13.8 Å². The van der Waals surface area contributed by atoms with Crippen molar-refractivity contribution < 1.29 is 39.2 Å². The van der Waals surface area contributed by atoms with Crippen molar-refractivity contribution in [3.05, 3.63) is 59.2 Å². The van der Waals surface area contributed by atoms with Gasteiger partial charge in [0.05, 0.1) is 17.8 Å². The number of benzene rings is 1. The first kappa shape index (κ1) is 30.6. The minimum atomic E-state index is -1.94. The average molecular weight is 581 g/mol. The molecule has 1 aromatic carbocycles.